The molecule has 1 atom stereocenters. The van der Waals surface area contributed by atoms with Crippen molar-refractivity contribution in [3.05, 3.63) is 58.7 Å². The van der Waals surface area contributed by atoms with Crippen molar-refractivity contribution in [2.75, 3.05) is 17.3 Å². The monoisotopic (exact) mass is 508 g/mol. The van der Waals surface area contributed by atoms with Gasteiger partial charge in [0.05, 0.1) is 46.5 Å². The van der Waals surface area contributed by atoms with Gasteiger partial charge in [-0.25, -0.2) is 12.8 Å². The molecular weight excluding hydrogens is 487 g/mol. The van der Waals surface area contributed by atoms with E-state index >= 15 is 4.39 Å². The molecule has 0 fully saturated rings. The third-order valence-electron chi connectivity index (χ3n) is 5.55. The lowest BCUT2D eigenvalue weighted by molar-refractivity contribution is -0.119. The summed E-state index contributed by atoms with van der Waals surface area (Å²) >= 11 is 5.94. The van der Waals surface area contributed by atoms with Gasteiger partial charge in [-0.05, 0) is 43.7 Å². The summed E-state index contributed by atoms with van der Waals surface area (Å²) in [7, 11) is -4.08. The van der Waals surface area contributed by atoms with Crippen LogP contribution in [0.4, 0.5) is 10.1 Å². The number of anilines is 1. The summed E-state index contributed by atoms with van der Waals surface area (Å²) < 4.78 is 46.2. The second-order valence-electron chi connectivity index (χ2n) is 8.70. The van der Waals surface area contributed by atoms with Crippen molar-refractivity contribution < 1.29 is 27.2 Å². The number of nitrogens with zero attached hydrogens (tertiary/aromatic N) is 3. The summed E-state index contributed by atoms with van der Waals surface area (Å²) in [6, 6.07) is 7.36. The molecule has 0 radical (unpaired) electrons. The van der Waals surface area contributed by atoms with Crippen LogP contribution in [0.5, 0.6) is 0 Å². The number of carbonyl (C=O) groups excluding carboxylic acids is 1. The number of hydrogen-bond acceptors (Lipinski definition) is 8. The van der Waals surface area contributed by atoms with E-state index in [-0.39, 0.29) is 41.0 Å². The highest BCUT2D eigenvalue weighted by atomic mass is 35.5. The average Bonchev–Trinajstić information content (AvgIpc) is 3.27. The number of halogens is 2. The number of nitrogens with two attached hydrogens (primary N) is 1. The molecule has 1 aliphatic heterocycles. The van der Waals surface area contributed by atoms with Gasteiger partial charge in [0.2, 0.25) is 17.6 Å². The first-order valence-electron chi connectivity index (χ1n) is 10.3. The first-order valence-corrected chi connectivity index (χ1v) is 12.3. The highest BCUT2D eigenvalue weighted by molar-refractivity contribution is 7.91. The van der Waals surface area contributed by atoms with Crippen molar-refractivity contribution in [1.29, 1.82) is 0 Å². The van der Waals surface area contributed by atoms with Crippen molar-refractivity contribution in [1.82, 2.24) is 10.1 Å². The predicted molar refractivity (Wildman–Crippen MR) is 122 cm³/mol. The molecule has 4 rings (SSSR count). The van der Waals surface area contributed by atoms with Crippen molar-refractivity contribution in [3.63, 3.8) is 0 Å². The molecule has 12 heteroatoms. The maximum atomic E-state index is 15.1. The van der Waals surface area contributed by atoms with Crippen molar-refractivity contribution >= 4 is 33.0 Å². The van der Waals surface area contributed by atoms with Gasteiger partial charge in [0, 0.05) is 5.02 Å². The van der Waals surface area contributed by atoms with Crippen molar-refractivity contribution in [2.45, 2.75) is 36.7 Å². The van der Waals surface area contributed by atoms with E-state index in [0.29, 0.717) is 10.6 Å². The second kappa shape index (κ2) is 8.73. The zero-order valence-corrected chi connectivity index (χ0v) is 19.9. The quantitative estimate of drug-likeness (QED) is 0.535. The lowest BCUT2D eigenvalue weighted by Gasteiger charge is -2.24. The molecule has 0 saturated carbocycles. The Balaban J connectivity index is 1.88. The molecular formula is C22H22ClFN4O5S. The molecule has 3 aromatic rings. The number of fused-ring (bicyclic) bond motifs is 1. The third kappa shape index (κ3) is 4.43. The number of aliphatic hydroxyl groups is 1. The molecule has 1 amide bonds. The minimum absolute atomic E-state index is 0.0215. The zero-order chi connectivity index (χ0) is 24.8. The van der Waals surface area contributed by atoms with Gasteiger partial charge in [-0.1, -0.05) is 28.9 Å². The fourth-order valence-corrected chi connectivity index (χ4v) is 5.19. The Hall–Kier alpha value is -2.86. The fraction of sp³-hybridized carbons (Fsp3) is 0.318. The minimum Gasteiger partial charge on any atom is -0.395 e. The molecule has 3 N–H and O–H groups in total. The Morgan fingerprint density at radius 1 is 1.29 bits per heavy atom. The molecule has 0 saturated heterocycles. The van der Waals surface area contributed by atoms with Crippen LogP contribution in [0, 0.1) is 5.82 Å². The average molecular weight is 509 g/mol. The lowest BCUT2D eigenvalue weighted by atomic mass is 9.95. The standard InChI is InChI=1S/C22H22ClFN4O5S/c1-22(2,11-29)21-26-19(27-33-21)14-7-17-18(8-15(14)24)34(31,32)10-16(25)20(30)28(17)9-12-3-5-13(23)6-4-12/h3-8,16,29H,9-11,25H2,1-2H3/t16-/m0/s1. The number of amides is 1. The second-order valence-corrected chi connectivity index (χ2v) is 11.1. The number of hydrogen-bond donors (Lipinski definition) is 2. The van der Waals surface area contributed by atoms with Crippen LogP contribution in [-0.4, -0.2) is 48.0 Å². The maximum absolute atomic E-state index is 15.1. The number of carbonyl (C=O) groups is 1. The summed E-state index contributed by atoms with van der Waals surface area (Å²) in [5, 5.41) is 13.8. The van der Waals surface area contributed by atoms with Gasteiger partial charge in [0.15, 0.2) is 9.84 Å². The van der Waals surface area contributed by atoms with Gasteiger partial charge in [-0.15, -0.1) is 0 Å². The molecule has 9 nitrogen and oxygen atoms in total. The number of aliphatic hydroxyl groups excluding tert-OH is 1. The molecule has 0 unspecified atom stereocenters. The van der Waals surface area contributed by atoms with Gasteiger partial charge in [0.1, 0.15) is 5.82 Å². The predicted octanol–water partition coefficient (Wildman–Crippen LogP) is 2.45. The normalized spacial score (nSPS) is 18.0. The molecule has 0 bridgehead atoms. The van der Waals surface area contributed by atoms with Crippen LogP contribution < -0.4 is 10.6 Å². The van der Waals surface area contributed by atoms with Crippen LogP contribution in [0.2, 0.25) is 5.02 Å². The molecule has 2 aromatic carbocycles. The molecule has 0 spiro atoms. The Kier molecular flexibility index (Phi) is 6.23. The Labute approximate surface area is 200 Å². The zero-order valence-electron chi connectivity index (χ0n) is 18.3. The van der Waals surface area contributed by atoms with Crippen LogP contribution in [0.25, 0.3) is 11.4 Å². The Bertz CT molecular complexity index is 1360. The molecule has 180 valence electrons. The van der Waals surface area contributed by atoms with E-state index in [1.807, 2.05) is 0 Å². The highest BCUT2D eigenvalue weighted by Crippen LogP contribution is 2.37. The lowest BCUT2D eigenvalue weighted by Crippen LogP contribution is -2.45. The molecule has 1 aliphatic rings. The summed E-state index contributed by atoms with van der Waals surface area (Å²) in [6.07, 6.45) is 0. The van der Waals surface area contributed by atoms with E-state index in [1.54, 1.807) is 38.1 Å². The molecule has 1 aromatic heterocycles. The highest BCUT2D eigenvalue weighted by Gasteiger charge is 2.37. The topological polar surface area (TPSA) is 140 Å². The maximum Gasteiger partial charge on any atom is 0.245 e. The minimum atomic E-state index is -4.08. The Morgan fingerprint density at radius 2 is 1.97 bits per heavy atom. The SMILES string of the molecule is CC(C)(CO)c1nc(-c2cc3c(cc2F)S(=O)(=O)C[C@H](N)C(=O)N3Cc2ccc(Cl)cc2)no1. The van der Waals surface area contributed by atoms with Crippen molar-refractivity contribution in [3.8, 4) is 11.4 Å². The van der Waals surface area contributed by atoms with Crippen LogP contribution in [0.15, 0.2) is 45.8 Å². The first kappa shape index (κ1) is 24.3. The van der Waals surface area contributed by atoms with E-state index in [4.69, 9.17) is 21.9 Å². The van der Waals surface area contributed by atoms with Gasteiger partial charge < -0.3 is 20.3 Å². The molecule has 2 heterocycles. The third-order valence-corrected chi connectivity index (χ3v) is 7.60. The van der Waals surface area contributed by atoms with Crippen molar-refractivity contribution in [2.24, 2.45) is 5.73 Å². The first-order chi connectivity index (χ1) is 15.9. The molecule has 34 heavy (non-hydrogen) atoms. The number of aromatic nitrogens is 2. The Morgan fingerprint density at radius 3 is 2.62 bits per heavy atom. The summed E-state index contributed by atoms with van der Waals surface area (Å²) in [4.78, 5) is 18.1. The largest absolute Gasteiger partial charge is 0.395 e. The van der Waals surface area contributed by atoms with Crippen LogP contribution in [-0.2, 0) is 26.6 Å². The van der Waals surface area contributed by atoms with E-state index < -0.39 is 38.8 Å². The fourth-order valence-electron chi connectivity index (χ4n) is 3.50. The van der Waals surface area contributed by atoms with E-state index in [1.165, 1.54) is 11.0 Å². The summed E-state index contributed by atoms with van der Waals surface area (Å²) in [5.74, 6) is -2.29. The molecule has 0 aliphatic carbocycles. The number of benzene rings is 2. The van der Waals surface area contributed by atoms with E-state index in [0.717, 1.165) is 6.07 Å². The van der Waals surface area contributed by atoms with Crippen LogP contribution >= 0.6 is 11.6 Å². The van der Waals surface area contributed by atoms with Gasteiger partial charge >= 0.3 is 0 Å². The number of rotatable bonds is 5. The van der Waals surface area contributed by atoms with E-state index in [9.17, 15) is 18.3 Å². The number of sulfone groups is 1. The van der Waals surface area contributed by atoms with Gasteiger partial charge in [-0.3, -0.25) is 4.79 Å². The summed E-state index contributed by atoms with van der Waals surface area (Å²) in [5.41, 5.74) is 5.48. The van der Waals surface area contributed by atoms with Crippen LogP contribution in [0.1, 0.15) is 25.3 Å². The van der Waals surface area contributed by atoms with Crippen LogP contribution in [0.3, 0.4) is 0 Å². The van der Waals surface area contributed by atoms with E-state index in [2.05, 4.69) is 10.1 Å². The van der Waals surface area contributed by atoms with Gasteiger partial charge in [0.25, 0.3) is 0 Å². The van der Waals surface area contributed by atoms with Gasteiger partial charge in [-0.2, -0.15) is 4.98 Å². The smallest absolute Gasteiger partial charge is 0.245 e. The summed E-state index contributed by atoms with van der Waals surface area (Å²) in [6.45, 7) is 3.02.